The van der Waals surface area contributed by atoms with Crippen LogP contribution in [0.4, 0.5) is 0 Å². The summed E-state index contributed by atoms with van der Waals surface area (Å²) in [6.45, 7) is 6.00. The second-order valence-corrected chi connectivity index (χ2v) is 8.44. The van der Waals surface area contributed by atoms with Crippen LogP contribution in [0.15, 0.2) is 0 Å². The summed E-state index contributed by atoms with van der Waals surface area (Å²) in [5.41, 5.74) is -0.127. The molecule has 2 N–H and O–H groups in total. The van der Waals surface area contributed by atoms with E-state index in [0.717, 1.165) is 6.42 Å². The molecular weight excluding hydrogens is 266 g/mol. The predicted molar refractivity (Wildman–Crippen MR) is 74.7 cm³/mol. The summed E-state index contributed by atoms with van der Waals surface area (Å²) in [5, 5.41) is 11.8. The molecule has 0 saturated carbocycles. The van der Waals surface area contributed by atoms with Gasteiger partial charge in [0.25, 0.3) is 0 Å². The van der Waals surface area contributed by atoms with Crippen molar-refractivity contribution in [3.05, 3.63) is 0 Å². The lowest BCUT2D eigenvalue weighted by molar-refractivity contribution is -0.128. The Labute approximate surface area is 116 Å². The average Bonchev–Trinajstić information content (AvgIpc) is 2.38. The van der Waals surface area contributed by atoms with Gasteiger partial charge >= 0.3 is 8.80 Å². The fraction of sp³-hybridized carbons (Fsp3) is 0.917. The standard InChI is InChI=1S/C12H27NO5Si/c1-10(14)11(15)13-9-12(2,3)7-8-19(16-4,17-5)18-6/h10,14H,7-9H2,1-6H3,(H,13,15). The molecule has 1 unspecified atom stereocenters. The van der Waals surface area contributed by atoms with Crippen molar-refractivity contribution in [3.8, 4) is 0 Å². The number of hydrogen-bond acceptors (Lipinski definition) is 5. The van der Waals surface area contributed by atoms with E-state index in [1.807, 2.05) is 13.8 Å². The second kappa shape index (κ2) is 7.96. The van der Waals surface area contributed by atoms with Gasteiger partial charge in [-0.25, -0.2) is 0 Å². The summed E-state index contributed by atoms with van der Waals surface area (Å²) in [6.07, 6.45) is -0.198. The number of aliphatic hydroxyl groups excluding tert-OH is 1. The quantitative estimate of drug-likeness (QED) is 0.614. The normalized spacial score (nSPS) is 14.3. The molecule has 1 amide bonds. The summed E-state index contributed by atoms with van der Waals surface area (Å²) in [4.78, 5) is 11.3. The molecule has 0 aromatic rings. The monoisotopic (exact) mass is 293 g/mol. The number of carbonyl (C=O) groups is 1. The molecule has 0 heterocycles. The highest BCUT2D eigenvalue weighted by molar-refractivity contribution is 6.60. The Morgan fingerprint density at radius 3 is 2.11 bits per heavy atom. The maximum absolute atomic E-state index is 11.3. The number of rotatable bonds is 9. The lowest BCUT2D eigenvalue weighted by atomic mass is 9.90. The van der Waals surface area contributed by atoms with Crippen molar-refractivity contribution in [2.45, 2.75) is 39.3 Å². The van der Waals surface area contributed by atoms with Gasteiger partial charge < -0.3 is 23.7 Å². The van der Waals surface area contributed by atoms with Crippen LogP contribution in [-0.2, 0) is 18.1 Å². The van der Waals surface area contributed by atoms with Crippen LogP contribution in [0.5, 0.6) is 0 Å². The minimum Gasteiger partial charge on any atom is -0.384 e. The first-order valence-corrected chi connectivity index (χ1v) is 8.26. The number of carbonyl (C=O) groups excluding carboxylic acids is 1. The lowest BCUT2D eigenvalue weighted by Crippen LogP contribution is -2.45. The van der Waals surface area contributed by atoms with Crippen molar-refractivity contribution in [1.29, 1.82) is 0 Å². The van der Waals surface area contributed by atoms with E-state index in [9.17, 15) is 4.79 Å². The van der Waals surface area contributed by atoms with Crippen LogP contribution in [0.1, 0.15) is 27.2 Å². The summed E-state index contributed by atoms with van der Waals surface area (Å²) in [6, 6.07) is 0.675. The third-order valence-electron chi connectivity index (χ3n) is 3.16. The molecule has 0 fully saturated rings. The largest absolute Gasteiger partial charge is 0.500 e. The van der Waals surface area contributed by atoms with Crippen LogP contribution in [-0.4, -0.2) is 53.8 Å². The Morgan fingerprint density at radius 2 is 1.74 bits per heavy atom. The zero-order chi connectivity index (χ0) is 15.1. The first kappa shape index (κ1) is 18.5. The van der Waals surface area contributed by atoms with E-state index >= 15 is 0 Å². The van der Waals surface area contributed by atoms with Gasteiger partial charge in [0.15, 0.2) is 0 Å². The highest BCUT2D eigenvalue weighted by atomic mass is 28.4. The number of hydrogen-bond donors (Lipinski definition) is 2. The van der Waals surface area contributed by atoms with Crippen molar-refractivity contribution in [2.24, 2.45) is 5.41 Å². The maximum atomic E-state index is 11.3. The van der Waals surface area contributed by atoms with Crippen molar-refractivity contribution in [3.63, 3.8) is 0 Å². The second-order valence-electron chi connectivity index (χ2n) is 5.35. The molecule has 0 aliphatic heterocycles. The molecule has 0 radical (unpaired) electrons. The molecule has 0 aliphatic carbocycles. The zero-order valence-corrected chi connectivity index (χ0v) is 13.8. The van der Waals surface area contributed by atoms with Gasteiger partial charge in [0, 0.05) is 33.9 Å². The summed E-state index contributed by atoms with van der Waals surface area (Å²) < 4.78 is 16.1. The van der Waals surface area contributed by atoms with Crippen molar-refractivity contribution >= 4 is 14.7 Å². The van der Waals surface area contributed by atoms with Crippen molar-refractivity contribution < 1.29 is 23.2 Å². The average molecular weight is 293 g/mol. The van der Waals surface area contributed by atoms with Gasteiger partial charge in [-0.15, -0.1) is 0 Å². The molecule has 0 aliphatic rings. The van der Waals surface area contributed by atoms with Gasteiger partial charge in [-0.05, 0) is 18.8 Å². The van der Waals surface area contributed by atoms with Gasteiger partial charge in [0.1, 0.15) is 6.10 Å². The van der Waals surface area contributed by atoms with E-state index in [1.165, 1.54) is 6.92 Å². The van der Waals surface area contributed by atoms with Crippen LogP contribution >= 0.6 is 0 Å². The molecular formula is C12H27NO5Si. The molecule has 0 spiro atoms. The first-order chi connectivity index (χ1) is 8.72. The molecule has 0 aromatic carbocycles. The van der Waals surface area contributed by atoms with Gasteiger partial charge in [0.2, 0.25) is 5.91 Å². The fourth-order valence-electron chi connectivity index (χ4n) is 1.61. The minimum atomic E-state index is -2.57. The minimum absolute atomic E-state index is 0.127. The number of amides is 1. The molecule has 7 heteroatoms. The van der Waals surface area contributed by atoms with E-state index in [4.69, 9.17) is 18.4 Å². The van der Waals surface area contributed by atoms with Gasteiger partial charge in [-0.1, -0.05) is 13.8 Å². The van der Waals surface area contributed by atoms with E-state index in [2.05, 4.69) is 5.32 Å². The van der Waals surface area contributed by atoms with Gasteiger partial charge in [-0.2, -0.15) is 0 Å². The molecule has 1 atom stereocenters. The lowest BCUT2D eigenvalue weighted by Gasteiger charge is -2.30. The van der Waals surface area contributed by atoms with Crippen LogP contribution in [0.2, 0.25) is 6.04 Å². The van der Waals surface area contributed by atoms with Gasteiger partial charge in [0.05, 0.1) is 0 Å². The van der Waals surface area contributed by atoms with Crippen LogP contribution in [0, 0.1) is 5.41 Å². The molecule has 0 saturated heterocycles. The molecule has 0 aromatic heterocycles. The fourth-order valence-corrected chi connectivity index (χ4v) is 3.71. The molecule has 19 heavy (non-hydrogen) atoms. The Balaban J connectivity index is 4.33. The number of nitrogens with one attached hydrogen (secondary N) is 1. The highest BCUT2D eigenvalue weighted by Gasteiger charge is 2.39. The van der Waals surface area contributed by atoms with E-state index in [1.54, 1.807) is 21.3 Å². The Hall–Kier alpha value is -0.473. The Morgan fingerprint density at radius 1 is 1.26 bits per heavy atom. The molecule has 0 rings (SSSR count). The number of aliphatic hydroxyl groups is 1. The molecule has 6 nitrogen and oxygen atoms in total. The smallest absolute Gasteiger partial charge is 0.384 e. The Kier molecular flexibility index (Phi) is 7.76. The topological polar surface area (TPSA) is 77.0 Å². The predicted octanol–water partition coefficient (Wildman–Crippen LogP) is 0.778. The third-order valence-corrected chi connectivity index (χ3v) is 5.89. The van der Waals surface area contributed by atoms with Crippen LogP contribution < -0.4 is 5.32 Å². The SMILES string of the molecule is CO[Si](CCC(C)(C)CNC(=O)C(C)O)(OC)OC. The highest BCUT2D eigenvalue weighted by Crippen LogP contribution is 2.27. The van der Waals surface area contributed by atoms with E-state index in [0.29, 0.717) is 12.6 Å². The maximum Gasteiger partial charge on any atom is 0.500 e. The van der Waals surface area contributed by atoms with E-state index < -0.39 is 14.9 Å². The zero-order valence-electron chi connectivity index (χ0n) is 12.8. The molecule has 114 valence electrons. The Bertz CT molecular complexity index is 271. The third kappa shape index (κ3) is 6.48. The summed E-state index contributed by atoms with van der Waals surface area (Å²) in [5.74, 6) is -0.359. The van der Waals surface area contributed by atoms with Crippen LogP contribution in [0.3, 0.4) is 0 Å². The van der Waals surface area contributed by atoms with Crippen molar-refractivity contribution in [2.75, 3.05) is 27.9 Å². The van der Waals surface area contributed by atoms with Gasteiger partial charge in [-0.3, -0.25) is 4.79 Å². The summed E-state index contributed by atoms with van der Waals surface area (Å²) >= 11 is 0. The summed E-state index contributed by atoms with van der Waals surface area (Å²) in [7, 11) is 2.19. The first-order valence-electron chi connectivity index (χ1n) is 6.33. The van der Waals surface area contributed by atoms with Crippen LogP contribution in [0.25, 0.3) is 0 Å². The molecule has 0 bridgehead atoms. The van der Waals surface area contributed by atoms with Crippen molar-refractivity contribution in [1.82, 2.24) is 5.32 Å². The van der Waals surface area contributed by atoms with E-state index in [-0.39, 0.29) is 11.3 Å².